The number of hydrogen-bond donors (Lipinski definition) is 3. The molecule has 0 saturated carbocycles. The van der Waals surface area contributed by atoms with Gasteiger partial charge in [-0.1, -0.05) is 43.3 Å². The average Bonchev–Trinajstić information content (AvgIpc) is 3.29. The van der Waals surface area contributed by atoms with Gasteiger partial charge in [-0.25, -0.2) is 0 Å². The molecule has 6 heteroatoms. The SMILES string of the molecule is CCCOc1ccc(-c2ccc(OC)cc2)cc1C(=O)N[C@@H](CO)Cc1c[nH]c2ccccc12. The molecular weight excluding hydrogens is 428 g/mol. The van der Waals surface area contributed by atoms with Crippen LogP contribution in [0.2, 0.25) is 0 Å². The van der Waals surface area contributed by atoms with Gasteiger partial charge in [0, 0.05) is 17.1 Å². The van der Waals surface area contributed by atoms with Crippen LogP contribution in [0.1, 0.15) is 29.3 Å². The number of aliphatic hydroxyl groups is 1. The van der Waals surface area contributed by atoms with Crippen LogP contribution in [-0.4, -0.2) is 42.4 Å². The number of methoxy groups -OCH3 is 1. The highest BCUT2D eigenvalue weighted by Crippen LogP contribution is 2.29. The van der Waals surface area contributed by atoms with Crippen molar-refractivity contribution in [1.82, 2.24) is 10.3 Å². The lowest BCUT2D eigenvalue weighted by atomic mass is 10.0. The number of aliphatic hydroxyl groups excluding tert-OH is 1. The van der Waals surface area contributed by atoms with E-state index in [1.807, 2.05) is 79.9 Å². The lowest BCUT2D eigenvalue weighted by Crippen LogP contribution is -2.39. The number of amides is 1. The van der Waals surface area contributed by atoms with Crippen LogP contribution in [0.4, 0.5) is 0 Å². The van der Waals surface area contributed by atoms with E-state index < -0.39 is 6.04 Å². The molecule has 1 amide bonds. The molecule has 1 atom stereocenters. The first-order valence-corrected chi connectivity index (χ1v) is 11.5. The van der Waals surface area contributed by atoms with Gasteiger partial charge in [0.25, 0.3) is 5.91 Å². The number of aromatic amines is 1. The van der Waals surface area contributed by atoms with Crippen molar-refractivity contribution < 1.29 is 19.4 Å². The van der Waals surface area contributed by atoms with Gasteiger partial charge in [0.1, 0.15) is 11.5 Å². The van der Waals surface area contributed by atoms with Gasteiger partial charge in [-0.05, 0) is 59.9 Å². The van der Waals surface area contributed by atoms with Gasteiger partial charge in [0.15, 0.2) is 0 Å². The van der Waals surface area contributed by atoms with Crippen LogP contribution in [0.25, 0.3) is 22.0 Å². The van der Waals surface area contributed by atoms with Crippen LogP contribution in [0.3, 0.4) is 0 Å². The third-order valence-corrected chi connectivity index (χ3v) is 5.81. The van der Waals surface area contributed by atoms with E-state index in [4.69, 9.17) is 9.47 Å². The number of para-hydroxylation sites is 1. The molecule has 3 N–H and O–H groups in total. The zero-order valence-electron chi connectivity index (χ0n) is 19.5. The fourth-order valence-electron chi connectivity index (χ4n) is 4.00. The summed E-state index contributed by atoms with van der Waals surface area (Å²) in [6, 6.07) is 20.9. The molecule has 0 radical (unpaired) electrons. The van der Waals surface area contributed by atoms with Gasteiger partial charge in [-0.3, -0.25) is 4.79 Å². The van der Waals surface area contributed by atoms with E-state index >= 15 is 0 Å². The number of benzene rings is 3. The first-order chi connectivity index (χ1) is 16.6. The summed E-state index contributed by atoms with van der Waals surface area (Å²) in [4.78, 5) is 16.6. The molecule has 0 fully saturated rings. The summed E-state index contributed by atoms with van der Waals surface area (Å²) >= 11 is 0. The quantitative estimate of drug-likeness (QED) is 0.313. The minimum atomic E-state index is -0.435. The van der Waals surface area contributed by atoms with Crippen molar-refractivity contribution in [3.63, 3.8) is 0 Å². The van der Waals surface area contributed by atoms with Crippen molar-refractivity contribution in [3.05, 3.63) is 84.1 Å². The number of fused-ring (bicyclic) bond motifs is 1. The predicted octanol–water partition coefficient (Wildman–Crippen LogP) is 4.97. The van der Waals surface area contributed by atoms with Crippen molar-refractivity contribution >= 4 is 16.8 Å². The second-order valence-corrected chi connectivity index (χ2v) is 8.20. The molecule has 0 saturated heterocycles. The number of carbonyl (C=O) groups excluding carboxylic acids is 1. The molecule has 3 aromatic carbocycles. The van der Waals surface area contributed by atoms with Crippen LogP contribution in [-0.2, 0) is 6.42 Å². The number of nitrogens with one attached hydrogen (secondary N) is 2. The molecule has 34 heavy (non-hydrogen) atoms. The third-order valence-electron chi connectivity index (χ3n) is 5.81. The highest BCUT2D eigenvalue weighted by molar-refractivity contribution is 5.98. The van der Waals surface area contributed by atoms with Gasteiger partial charge < -0.3 is 24.9 Å². The van der Waals surface area contributed by atoms with E-state index in [1.165, 1.54) is 0 Å². The standard InChI is InChI=1S/C28H30N2O4/c1-3-14-34-27-13-10-20(19-8-11-23(33-2)12-9-19)16-25(27)28(32)30-22(18-31)15-21-17-29-26-7-5-4-6-24(21)26/h4-13,16-17,22,29,31H,3,14-15,18H2,1-2H3,(H,30,32)/t22-/m1/s1. The van der Waals surface area contributed by atoms with Gasteiger partial charge >= 0.3 is 0 Å². The summed E-state index contributed by atoms with van der Waals surface area (Å²) in [5.74, 6) is 1.02. The Morgan fingerprint density at radius 2 is 1.82 bits per heavy atom. The molecule has 0 unspecified atom stereocenters. The molecule has 176 valence electrons. The molecule has 0 spiro atoms. The number of carbonyl (C=O) groups is 1. The summed E-state index contributed by atoms with van der Waals surface area (Å²) in [6.07, 6.45) is 3.27. The third kappa shape index (κ3) is 5.24. The van der Waals surface area contributed by atoms with Gasteiger partial charge in [-0.2, -0.15) is 0 Å². The first-order valence-electron chi connectivity index (χ1n) is 11.5. The van der Waals surface area contributed by atoms with Gasteiger partial charge in [0.05, 0.1) is 31.9 Å². The van der Waals surface area contributed by atoms with Gasteiger partial charge in [0.2, 0.25) is 0 Å². The highest BCUT2D eigenvalue weighted by atomic mass is 16.5. The predicted molar refractivity (Wildman–Crippen MR) is 135 cm³/mol. The van der Waals surface area contributed by atoms with Crippen LogP contribution in [0, 0.1) is 0 Å². The molecule has 6 nitrogen and oxygen atoms in total. The monoisotopic (exact) mass is 458 g/mol. The summed E-state index contributed by atoms with van der Waals surface area (Å²) < 4.78 is 11.1. The summed E-state index contributed by atoms with van der Waals surface area (Å²) in [7, 11) is 1.63. The topological polar surface area (TPSA) is 83.6 Å². The molecule has 0 aliphatic heterocycles. The smallest absolute Gasteiger partial charge is 0.255 e. The zero-order valence-corrected chi connectivity index (χ0v) is 19.5. The maximum Gasteiger partial charge on any atom is 0.255 e. The molecule has 0 aliphatic carbocycles. The van der Waals surface area contributed by atoms with Crippen molar-refractivity contribution in [2.45, 2.75) is 25.8 Å². The Bertz CT molecular complexity index is 1250. The lowest BCUT2D eigenvalue weighted by molar-refractivity contribution is 0.0912. The molecule has 1 aromatic heterocycles. The minimum Gasteiger partial charge on any atom is -0.497 e. The Morgan fingerprint density at radius 1 is 1.06 bits per heavy atom. The highest BCUT2D eigenvalue weighted by Gasteiger charge is 2.19. The second-order valence-electron chi connectivity index (χ2n) is 8.20. The fraction of sp³-hybridized carbons (Fsp3) is 0.250. The summed E-state index contributed by atoms with van der Waals surface area (Å²) in [5, 5.41) is 14.1. The molecule has 4 rings (SSSR count). The Labute approximate surface area is 199 Å². The average molecular weight is 459 g/mol. The van der Waals surface area contributed by atoms with E-state index in [0.717, 1.165) is 39.8 Å². The Kier molecular flexibility index (Phi) is 7.50. The van der Waals surface area contributed by atoms with Crippen molar-refractivity contribution in [2.75, 3.05) is 20.3 Å². The fourth-order valence-corrected chi connectivity index (χ4v) is 4.00. The van der Waals surface area contributed by atoms with Gasteiger partial charge in [-0.15, -0.1) is 0 Å². The Morgan fingerprint density at radius 3 is 2.56 bits per heavy atom. The molecule has 4 aromatic rings. The van der Waals surface area contributed by atoms with Crippen molar-refractivity contribution in [3.8, 4) is 22.6 Å². The van der Waals surface area contributed by atoms with E-state index in [2.05, 4.69) is 10.3 Å². The van der Waals surface area contributed by atoms with E-state index in [9.17, 15) is 9.90 Å². The van der Waals surface area contributed by atoms with Crippen LogP contribution in [0.15, 0.2) is 72.9 Å². The normalized spacial score (nSPS) is 11.9. The van der Waals surface area contributed by atoms with Crippen molar-refractivity contribution in [1.29, 1.82) is 0 Å². The zero-order chi connectivity index (χ0) is 23.9. The lowest BCUT2D eigenvalue weighted by Gasteiger charge is -2.18. The second kappa shape index (κ2) is 10.9. The Balaban J connectivity index is 1.58. The van der Waals surface area contributed by atoms with E-state index in [1.54, 1.807) is 7.11 Å². The number of hydrogen-bond acceptors (Lipinski definition) is 4. The number of H-pyrrole nitrogens is 1. The number of rotatable bonds is 10. The van der Waals surface area contributed by atoms with E-state index in [0.29, 0.717) is 24.3 Å². The van der Waals surface area contributed by atoms with Crippen molar-refractivity contribution in [2.24, 2.45) is 0 Å². The first kappa shape index (κ1) is 23.4. The molecule has 0 aliphatic rings. The number of ether oxygens (including phenoxy) is 2. The summed E-state index contributed by atoms with van der Waals surface area (Å²) in [5.41, 5.74) is 4.38. The maximum atomic E-state index is 13.3. The largest absolute Gasteiger partial charge is 0.497 e. The van der Waals surface area contributed by atoms with Crippen LogP contribution in [0.5, 0.6) is 11.5 Å². The minimum absolute atomic E-state index is 0.172. The van der Waals surface area contributed by atoms with Crippen LogP contribution < -0.4 is 14.8 Å². The number of aromatic nitrogens is 1. The summed E-state index contributed by atoms with van der Waals surface area (Å²) in [6.45, 7) is 2.37. The van der Waals surface area contributed by atoms with Crippen LogP contribution >= 0.6 is 0 Å². The molecule has 1 heterocycles. The van der Waals surface area contributed by atoms with E-state index in [-0.39, 0.29) is 12.5 Å². The Hall–Kier alpha value is -3.77. The molecular formula is C28H30N2O4. The molecule has 0 bridgehead atoms. The maximum absolute atomic E-state index is 13.3.